The van der Waals surface area contributed by atoms with Gasteiger partial charge in [0.15, 0.2) is 0 Å². The van der Waals surface area contributed by atoms with Crippen molar-refractivity contribution >= 4 is 10.8 Å². The molecule has 0 saturated carbocycles. The van der Waals surface area contributed by atoms with E-state index in [-0.39, 0.29) is 12.2 Å². The lowest BCUT2D eigenvalue weighted by Crippen LogP contribution is -2.18. The van der Waals surface area contributed by atoms with Gasteiger partial charge in [-0.05, 0) is 23.8 Å². The van der Waals surface area contributed by atoms with E-state index in [0.717, 1.165) is 16.3 Å². The molecule has 0 unspecified atom stereocenters. The topological polar surface area (TPSA) is 66.0 Å². The lowest BCUT2D eigenvalue weighted by molar-refractivity contribution is 0.298. The summed E-state index contributed by atoms with van der Waals surface area (Å²) < 4.78 is 0. The third kappa shape index (κ3) is 2.58. The van der Waals surface area contributed by atoms with E-state index in [1.54, 1.807) is 6.92 Å². The van der Waals surface area contributed by atoms with Crippen molar-refractivity contribution in [2.75, 3.05) is 6.61 Å². The average molecular weight is 280 g/mol. The monoisotopic (exact) mass is 280 g/mol. The van der Waals surface area contributed by atoms with Crippen LogP contribution >= 0.6 is 0 Å². The van der Waals surface area contributed by atoms with E-state index >= 15 is 0 Å². The molecule has 4 heteroatoms. The van der Waals surface area contributed by atoms with Crippen LogP contribution in [0, 0.1) is 6.92 Å². The molecule has 0 fully saturated rings. The van der Waals surface area contributed by atoms with E-state index in [9.17, 15) is 4.79 Å². The maximum Gasteiger partial charge on any atom is 0.254 e. The Bertz CT molecular complexity index is 853. The number of aromatic amines is 1. The molecule has 0 bridgehead atoms. The molecule has 2 aromatic carbocycles. The Kier molecular flexibility index (Phi) is 3.54. The highest BCUT2D eigenvalue weighted by Crippen LogP contribution is 2.21. The molecule has 106 valence electrons. The van der Waals surface area contributed by atoms with Gasteiger partial charge in [0, 0.05) is 29.8 Å². The number of aryl methyl sites for hydroxylation is 1. The first-order valence-electron chi connectivity index (χ1n) is 6.89. The molecule has 4 nitrogen and oxygen atoms in total. The smallest absolute Gasteiger partial charge is 0.254 e. The highest BCUT2D eigenvalue weighted by Gasteiger charge is 2.09. The number of aliphatic hydroxyl groups is 1. The van der Waals surface area contributed by atoms with Crippen molar-refractivity contribution in [2.24, 2.45) is 0 Å². The fourth-order valence-electron chi connectivity index (χ4n) is 2.49. The summed E-state index contributed by atoms with van der Waals surface area (Å²) in [7, 11) is 0. The maximum atomic E-state index is 12.1. The van der Waals surface area contributed by atoms with Gasteiger partial charge in [0.2, 0.25) is 0 Å². The molecule has 1 heterocycles. The quantitative estimate of drug-likeness (QED) is 0.774. The molecule has 0 aliphatic heterocycles. The Labute approximate surface area is 122 Å². The van der Waals surface area contributed by atoms with Gasteiger partial charge in [-0.3, -0.25) is 4.79 Å². The van der Waals surface area contributed by atoms with Crippen LogP contribution in [0.4, 0.5) is 0 Å². The molecule has 0 spiro atoms. The fraction of sp³-hybridized carbons (Fsp3) is 0.176. The number of aliphatic hydroxyl groups excluding tert-OH is 1. The van der Waals surface area contributed by atoms with E-state index in [2.05, 4.69) is 9.97 Å². The van der Waals surface area contributed by atoms with Crippen molar-refractivity contribution in [3.8, 4) is 11.4 Å². The molecule has 0 atom stereocenters. The zero-order valence-electron chi connectivity index (χ0n) is 11.8. The Morgan fingerprint density at radius 3 is 2.62 bits per heavy atom. The second-order valence-electron chi connectivity index (χ2n) is 5.01. The van der Waals surface area contributed by atoms with Gasteiger partial charge in [-0.2, -0.15) is 0 Å². The van der Waals surface area contributed by atoms with Crippen molar-refractivity contribution in [3.05, 3.63) is 64.1 Å². The first-order chi connectivity index (χ1) is 10.2. The third-order valence-electron chi connectivity index (χ3n) is 3.61. The first-order valence-corrected chi connectivity index (χ1v) is 6.89. The minimum atomic E-state index is -0.181. The largest absolute Gasteiger partial charge is 0.396 e. The molecule has 0 saturated heterocycles. The summed E-state index contributed by atoms with van der Waals surface area (Å²) in [6.45, 7) is 1.74. The van der Waals surface area contributed by atoms with Crippen molar-refractivity contribution in [2.45, 2.75) is 13.3 Å². The molecule has 2 N–H and O–H groups in total. The zero-order chi connectivity index (χ0) is 14.8. The SMILES string of the molecule is Cc1nc(-c2ccc3ccccc3c2)[nH]c(=O)c1CCO. The Hall–Kier alpha value is -2.46. The molecule has 0 amide bonds. The summed E-state index contributed by atoms with van der Waals surface area (Å²) in [4.78, 5) is 19.3. The van der Waals surface area contributed by atoms with Gasteiger partial charge in [-0.15, -0.1) is 0 Å². The van der Waals surface area contributed by atoms with Gasteiger partial charge in [-0.25, -0.2) is 4.98 Å². The lowest BCUT2D eigenvalue weighted by atomic mass is 10.1. The van der Waals surface area contributed by atoms with Crippen molar-refractivity contribution in [1.82, 2.24) is 9.97 Å². The standard InChI is InChI=1S/C17H16N2O2/c1-11-15(8-9-20)17(21)19-16(18-11)14-7-6-12-4-2-3-5-13(12)10-14/h2-7,10,20H,8-9H2,1H3,(H,18,19,21). The van der Waals surface area contributed by atoms with E-state index < -0.39 is 0 Å². The first kappa shape index (κ1) is 13.5. The average Bonchev–Trinajstić information content (AvgIpc) is 2.50. The minimum absolute atomic E-state index is 0.0546. The number of benzene rings is 2. The van der Waals surface area contributed by atoms with E-state index in [1.807, 2.05) is 42.5 Å². The van der Waals surface area contributed by atoms with Gasteiger partial charge >= 0.3 is 0 Å². The van der Waals surface area contributed by atoms with E-state index in [4.69, 9.17) is 5.11 Å². The number of nitrogens with one attached hydrogen (secondary N) is 1. The van der Waals surface area contributed by atoms with E-state index in [1.165, 1.54) is 0 Å². The predicted molar refractivity (Wildman–Crippen MR) is 83.3 cm³/mol. The van der Waals surface area contributed by atoms with Crippen LogP contribution in [0.3, 0.4) is 0 Å². The zero-order valence-corrected chi connectivity index (χ0v) is 11.8. The summed E-state index contributed by atoms with van der Waals surface area (Å²) in [6, 6.07) is 14.0. The number of rotatable bonds is 3. The van der Waals surface area contributed by atoms with Gasteiger partial charge in [-0.1, -0.05) is 36.4 Å². The Balaban J connectivity index is 2.12. The van der Waals surface area contributed by atoms with Gasteiger partial charge < -0.3 is 10.1 Å². The molecule has 0 aliphatic rings. The second-order valence-corrected chi connectivity index (χ2v) is 5.01. The van der Waals surface area contributed by atoms with Crippen LogP contribution in [0.2, 0.25) is 0 Å². The van der Waals surface area contributed by atoms with Crippen molar-refractivity contribution in [3.63, 3.8) is 0 Å². The number of H-pyrrole nitrogens is 1. The van der Waals surface area contributed by atoms with Crippen molar-refractivity contribution in [1.29, 1.82) is 0 Å². The summed E-state index contributed by atoms with van der Waals surface area (Å²) in [5.41, 5.74) is 1.90. The maximum absolute atomic E-state index is 12.1. The number of hydrogen-bond acceptors (Lipinski definition) is 3. The molecular weight excluding hydrogens is 264 g/mol. The predicted octanol–water partition coefficient (Wildman–Crippen LogP) is 2.43. The molecular formula is C17H16N2O2. The minimum Gasteiger partial charge on any atom is -0.396 e. The highest BCUT2D eigenvalue weighted by molar-refractivity contribution is 5.86. The van der Waals surface area contributed by atoms with Gasteiger partial charge in [0.05, 0.1) is 0 Å². The number of nitrogens with zero attached hydrogens (tertiary/aromatic N) is 1. The van der Waals surface area contributed by atoms with Crippen LogP contribution in [-0.2, 0) is 6.42 Å². The number of aromatic nitrogens is 2. The van der Waals surface area contributed by atoms with Crippen LogP contribution in [0.15, 0.2) is 47.3 Å². The summed E-state index contributed by atoms with van der Waals surface area (Å²) in [5.74, 6) is 0.560. The molecule has 1 aromatic heterocycles. The van der Waals surface area contributed by atoms with Gasteiger partial charge in [0.1, 0.15) is 5.82 Å². The van der Waals surface area contributed by atoms with E-state index in [0.29, 0.717) is 23.5 Å². The summed E-state index contributed by atoms with van der Waals surface area (Å²) >= 11 is 0. The highest BCUT2D eigenvalue weighted by atomic mass is 16.3. The van der Waals surface area contributed by atoms with Crippen LogP contribution in [0.5, 0.6) is 0 Å². The number of fused-ring (bicyclic) bond motifs is 1. The molecule has 0 aliphatic carbocycles. The summed E-state index contributed by atoms with van der Waals surface area (Å²) in [5, 5.41) is 11.2. The Morgan fingerprint density at radius 2 is 1.90 bits per heavy atom. The van der Waals surface area contributed by atoms with Crippen LogP contribution in [-0.4, -0.2) is 21.7 Å². The van der Waals surface area contributed by atoms with Crippen molar-refractivity contribution < 1.29 is 5.11 Å². The van der Waals surface area contributed by atoms with Crippen LogP contribution in [0.25, 0.3) is 22.2 Å². The molecule has 3 aromatic rings. The Morgan fingerprint density at radius 1 is 1.14 bits per heavy atom. The molecule has 3 rings (SSSR count). The fourth-order valence-corrected chi connectivity index (χ4v) is 2.49. The second kappa shape index (κ2) is 5.50. The molecule has 21 heavy (non-hydrogen) atoms. The third-order valence-corrected chi connectivity index (χ3v) is 3.61. The van der Waals surface area contributed by atoms with Crippen LogP contribution in [0.1, 0.15) is 11.3 Å². The normalized spacial score (nSPS) is 11.0. The number of hydrogen-bond donors (Lipinski definition) is 2. The van der Waals surface area contributed by atoms with Gasteiger partial charge in [0.25, 0.3) is 5.56 Å². The van der Waals surface area contributed by atoms with Crippen LogP contribution < -0.4 is 5.56 Å². The summed E-state index contributed by atoms with van der Waals surface area (Å²) in [6.07, 6.45) is 0.326. The lowest BCUT2D eigenvalue weighted by Gasteiger charge is -2.07. The molecule has 0 radical (unpaired) electrons.